The van der Waals surface area contributed by atoms with Crippen LogP contribution in [0.1, 0.15) is 23.7 Å². The Morgan fingerprint density at radius 3 is 2.50 bits per heavy atom. The summed E-state index contributed by atoms with van der Waals surface area (Å²) in [5.74, 6) is -0.0598. The van der Waals surface area contributed by atoms with Gasteiger partial charge in [0.1, 0.15) is 5.75 Å². The Kier molecular flexibility index (Phi) is 6.48. The van der Waals surface area contributed by atoms with Gasteiger partial charge in [-0.05, 0) is 31.2 Å². The predicted octanol–water partition coefficient (Wildman–Crippen LogP) is 2.20. The number of hydrogen-bond acceptors (Lipinski definition) is 5. The van der Waals surface area contributed by atoms with Gasteiger partial charge in [0.25, 0.3) is 0 Å². The zero-order valence-electron chi connectivity index (χ0n) is 14.5. The number of rotatable bonds is 8. The molecule has 7 nitrogen and oxygen atoms in total. The molecular weight excluding hydrogens is 356 g/mol. The third kappa shape index (κ3) is 5.14. The summed E-state index contributed by atoms with van der Waals surface area (Å²) in [5.41, 5.74) is 0.818. The molecule has 138 valence electrons. The number of carbonyl (C=O) groups is 2. The molecule has 0 unspecified atom stereocenters. The Morgan fingerprint density at radius 2 is 1.81 bits per heavy atom. The number of carbonyl (C=O) groups excluding carboxylic acids is 2. The zero-order chi connectivity index (χ0) is 19.2. The Labute approximate surface area is 152 Å². The minimum atomic E-state index is -3.80. The maximum absolute atomic E-state index is 12.3. The van der Waals surface area contributed by atoms with Crippen LogP contribution in [0.25, 0.3) is 0 Å². The number of para-hydroxylation sites is 2. The van der Waals surface area contributed by atoms with Gasteiger partial charge in [0, 0.05) is 18.5 Å². The number of amides is 1. The van der Waals surface area contributed by atoms with Gasteiger partial charge in [-0.15, -0.1) is 0 Å². The first-order chi connectivity index (χ1) is 12.3. The van der Waals surface area contributed by atoms with Gasteiger partial charge in [0.2, 0.25) is 15.9 Å². The normalized spacial score (nSPS) is 11.0. The summed E-state index contributed by atoms with van der Waals surface area (Å²) in [6, 6.07) is 12.7. The fourth-order valence-electron chi connectivity index (χ4n) is 2.23. The quantitative estimate of drug-likeness (QED) is 0.688. The number of Topliss-reactive ketones (excluding diaryl/α,β-unsaturated/α-hetero) is 1. The lowest BCUT2D eigenvalue weighted by molar-refractivity contribution is -0.116. The van der Waals surface area contributed by atoms with E-state index in [0.29, 0.717) is 17.0 Å². The summed E-state index contributed by atoms with van der Waals surface area (Å²) in [4.78, 5) is 23.4. The van der Waals surface area contributed by atoms with Gasteiger partial charge in [0.15, 0.2) is 5.78 Å². The van der Waals surface area contributed by atoms with Crippen LogP contribution in [0.5, 0.6) is 5.75 Å². The number of benzene rings is 2. The first kappa shape index (κ1) is 19.6. The largest absolute Gasteiger partial charge is 0.495 e. The number of methoxy groups -OCH3 is 1. The van der Waals surface area contributed by atoms with Crippen molar-refractivity contribution in [1.29, 1.82) is 0 Å². The van der Waals surface area contributed by atoms with E-state index >= 15 is 0 Å². The molecule has 26 heavy (non-hydrogen) atoms. The van der Waals surface area contributed by atoms with Gasteiger partial charge in [-0.25, -0.2) is 13.1 Å². The molecule has 8 heteroatoms. The topological polar surface area (TPSA) is 102 Å². The van der Waals surface area contributed by atoms with Gasteiger partial charge in [-0.3, -0.25) is 9.59 Å². The fraction of sp³-hybridized carbons (Fsp3) is 0.222. The Hall–Kier alpha value is -2.71. The Morgan fingerprint density at radius 1 is 1.08 bits per heavy atom. The van der Waals surface area contributed by atoms with Crippen molar-refractivity contribution < 1.29 is 22.7 Å². The monoisotopic (exact) mass is 376 g/mol. The second-order valence-corrected chi connectivity index (χ2v) is 7.25. The standard InChI is InChI=1S/C18H20N2O5S/c1-13(21)14-6-5-7-15(12-14)26(23,24)19-11-10-18(22)20-16-8-3-4-9-17(16)25-2/h3-9,12,19H,10-11H2,1-2H3,(H,20,22). The van der Waals surface area contributed by atoms with E-state index in [1.165, 1.54) is 32.2 Å². The van der Waals surface area contributed by atoms with Crippen molar-refractivity contribution in [3.05, 3.63) is 54.1 Å². The number of hydrogen-bond donors (Lipinski definition) is 2. The highest BCUT2D eigenvalue weighted by Crippen LogP contribution is 2.23. The van der Waals surface area contributed by atoms with Crippen molar-refractivity contribution in [2.75, 3.05) is 19.0 Å². The summed E-state index contributed by atoms with van der Waals surface area (Å²) in [5, 5.41) is 2.67. The summed E-state index contributed by atoms with van der Waals surface area (Å²) in [7, 11) is -2.31. The molecular formula is C18H20N2O5S. The number of nitrogens with one attached hydrogen (secondary N) is 2. The van der Waals surface area contributed by atoms with Crippen LogP contribution < -0.4 is 14.8 Å². The van der Waals surface area contributed by atoms with Crippen molar-refractivity contribution in [3.8, 4) is 5.75 Å². The molecule has 0 bridgehead atoms. The van der Waals surface area contributed by atoms with Crippen LogP contribution in [0.4, 0.5) is 5.69 Å². The zero-order valence-corrected chi connectivity index (χ0v) is 15.3. The van der Waals surface area contributed by atoms with Crippen molar-refractivity contribution in [2.24, 2.45) is 0 Å². The summed E-state index contributed by atoms with van der Waals surface area (Å²) >= 11 is 0. The molecule has 0 saturated heterocycles. The summed E-state index contributed by atoms with van der Waals surface area (Å²) < 4.78 is 32.0. The molecule has 0 atom stereocenters. The van der Waals surface area contributed by atoms with Crippen LogP contribution in [-0.4, -0.2) is 33.8 Å². The minimum Gasteiger partial charge on any atom is -0.495 e. The highest BCUT2D eigenvalue weighted by molar-refractivity contribution is 7.89. The SMILES string of the molecule is COc1ccccc1NC(=O)CCNS(=O)(=O)c1cccc(C(C)=O)c1. The molecule has 0 aliphatic rings. The van der Waals surface area contributed by atoms with Crippen LogP contribution in [-0.2, 0) is 14.8 Å². The summed E-state index contributed by atoms with van der Waals surface area (Å²) in [6.07, 6.45) is -0.0519. The molecule has 0 aliphatic heterocycles. The smallest absolute Gasteiger partial charge is 0.240 e. The van der Waals surface area contributed by atoms with Gasteiger partial charge >= 0.3 is 0 Å². The minimum absolute atomic E-state index is 0.0182. The second kappa shape index (κ2) is 8.59. The summed E-state index contributed by atoms with van der Waals surface area (Å²) in [6.45, 7) is 1.29. The van der Waals surface area contributed by atoms with E-state index in [4.69, 9.17) is 4.74 Å². The van der Waals surface area contributed by atoms with E-state index < -0.39 is 10.0 Å². The van der Waals surface area contributed by atoms with E-state index in [9.17, 15) is 18.0 Å². The van der Waals surface area contributed by atoms with Crippen LogP contribution >= 0.6 is 0 Å². The lowest BCUT2D eigenvalue weighted by Gasteiger charge is -2.10. The third-order valence-electron chi connectivity index (χ3n) is 3.58. The van der Waals surface area contributed by atoms with Crippen molar-refractivity contribution >= 4 is 27.4 Å². The first-order valence-corrected chi connectivity index (χ1v) is 9.35. The van der Waals surface area contributed by atoms with Crippen LogP contribution in [0.15, 0.2) is 53.4 Å². The van der Waals surface area contributed by atoms with Gasteiger partial charge < -0.3 is 10.1 Å². The number of ketones is 1. The van der Waals surface area contributed by atoms with Crippen molar-refractivity contribution in [3.63, 3.8) is 0 Å². The molecule has 0 spiro atoms. The molecule has 0 radical (unpaired) electrons. The van der Waals surface area contributed by atoms with Gasteiger partial charge in [0.05, 0.1) is 17.7 Å². The second-order valence-electron chi connectivity index (χ2n) is 5.48. The average Bonchev–Trinajstić information content (AvgIpc) is 2.62. The Balaban J connectivity index is 1.95. The van der Waals surface area contributed by atoms with E-state index in [1.807, 2.05) is 0 Å². The van der Waals surface area contributed by atoms with Crippen LogP contribution in [0.2, 0.25) is 0 Å². The van der Waals surface area contributed by atoms with Crippen LogP contribution in [0.3, 0.4) is 0 Å². The highest BCUT2D eigenvalue weighted by atomic mass is 32.2. The molecule has 2 aromatic rings. The van der Waals surface area contributed by atoms with E-state index in [1.54, 1.807) is 30.3 Å². The van der Waals surface area contributed by atoms with Gasteiger partial charge in [-0.1, -0.05) is 24.3 Å². The fourth-order valence-corrected chi connectivity index (χ4v) is 3.30. The molecule has 2 aromatic carbocycles. The average molecular weight is 376 g/mol. The predicted molar refractivity (Wildman–Crippen MR) is 97.9 cm³/mol. The highest BCUT2D eigenvalue weighted by Gasteiger charge is 2.16. The lowest BCUT2D eigenvalue weighted by Crippen LogP contribution is -2.28. The van der Waals surface area contributed by atoms with Gasteiger partial charge in [-0.2, -0.15) is 0 Å². The molecule has 2 N–H and O–H groups in total. The van der Waals surface area contributed by atoms with Crippen LogP contribution in [0, 0.1) is 0 Å². The molecule has 0 aromatic heterocycles. The first-order valence-electron chi connectivity index (χ1n) is 7.87. The van der Waals surface area contributed by atoms with E-state index in [0.717, 1.165) is 0 Å². The molecule has 0 saturated carbocycles. The number of anilines is 1. The van der Waals surface area contributed by atoms with E-state index in [2.05, 4.69) is 10.0 Å². The molecule has 0 heterocycles. The van der Waals surface area contributed by atoms with Crippen molar-refractivity contribution in [2.45, 2.75) is 18.2 Å². The Bertz CT molecular complexity index is 909. The van der Waals surface area contributed by atoms with E-state index in [-0.39, 0.29) is 29.6 Å². The maximum atomic E-state index is 12.3. The number of ether oxygens (including phenoxy) is 1. The molecule has 1 amide bonds. The number of sulfonamides is 1. The lowest BCUT2D eigenvalue weighted by atomic mass is 10.2. The third-order valence-corrected chi connectivity index (χ3v) is 5.03. The molecule has 2 rings (SSSR count). The molecule has 0 fully saturated rings. The van der Waals surface area contributed by atoms with Crippen molar-refractivity contribution in [1.82, 2.24) is 4.72 Å². The molecule has 0 aliphatic carbocycles. The maximum Gasteiger partial charge on any atom is 0.240 e.